The number of ether oxygens (including phenoxy) is 1. The van der Waals surface area contributed by atoms with Gasteiger partial charge in [0.15, 0.2) is 0 Å². The number of allylic oxidation sites excluding steroid dienone is 1. The molecule has 1 heterocycles. The zero-order valence-corrected chi connectivity index (χ0v) is 16.0. The minimum atomic E-state index is -2.98. The second kappa shape index (κ2) is 5.08. The van der Waals surface area contributed by atoms with Crippen molar-refractivity contribution in [3.63, 3.8) is 0 Å². The molecule has 3 aliphatic carbocycles. The molecular weight excluding hydrogens is 332 g/mol. The average Bonchev–Trinajstić information content (AvgIpc) is 2.51. The molecule has 26 heavy (non-hydrogen) atoms. The van der Waals surface area contributed by atoms with Crippen LogP contribution >= 0.6 is 0 Å². The van der Waals surface area contributed by atoms with Crippen molar-refractivity contribution in [2.45, 2.75) is 71.2 Å². The molecule has 0 spiro atoms. The van der Waals surface area contributed by atoms with E-state index in [2.05, 4.69) is 27.7 Å². The molecule has 4 aliphatic rings. The third-order valence-corrected chi connectivity index (χ3v) is 7.68. The summed E-state index contributed by atoms with van der Waals surface area (Å²) in [7, 11) is 0. The Morgan fingerprint density at radius 3 is 2.46 bits per heavy atom. The van der Waals surface area contributed by atoms with Crippen molar-refractivity contribution in [3.8, 4) is 0 Å². The summed E-state index contributed by atoms with van der Waals surface area (Å²) in [6.45, 7) is 9.01. The highest BCUT2D eigenvalue weighted by Crippen LogP contribution is 2.64. The van der Waals surface area contributed by atoms with Crippen molar-refractivity contribution in [1.82, 2.24) is 0 Å². The molecule has 0 amide bonds. The first-order valence-corrected chi connectivity index (χ1v) is 9.59. The van der Waals surface area contributed by atoms with Crippen molar-refractivity contribution in [1.29, 1.82) is 0 Å². The number of aliphatic hydroxyl groups is 2. The van der Waals surface area contributed by atoms with E-state index in [1.54, 1.807) is 0 Å². The molecule has 2 fully saturated rings. The molecule has 0 bridgehead atoms. The van der Waals surface area contributed by atoms with E-state index in [1.807, 2.05) is 6.08 Å². The molecule has 0 saturated heterocycles. The van der Waals surface area contributed by atoms with Gasteiger partial charge in [-0.25, -0.2) is 0 Å². The lowest BCUT2D eigenvalue weighted by atomic mass is 9.45. The van der Waals surface area contributed by atoms with Crippen LogP contribution in [0.1, 0.15) is 59.8 Å². The van der Waals surface area contributed by atoms with Crippen LogP contribution in [0.4, 0.5) is 0 Å². The number of hydrogen-bond donors (Lipinski definition) is 2. The SMILES string of the molecule is CC1(C)CCCC2(C)C1CCC1(C)OC3=CC(=O)C(O)(O)C(=O)C3=CC12. The van der Waals surface area contributed by atoms with E-state index in [9.17, 15) is 19.8 Å². The van der Waals surface area contributed by atoms with E-state index in [1.165, 1.54) is 6.42 Å². The molecule has 5 heteroatoms. The third kappa shape index (κ3) is 2.16. The smallest absolute Gasteiger partial charge is 0.294 e. The minimum Gasteiger partial charge on any atom is -0.486 e. The molecule has 4 atom stereocenters. The summed E-state index contributed by atoms with van der Waals surface area (Å²) in [5.41, 5.74) is -0.141. The van der Waals surface area contributed by atoms with Gasteiger partial charge in [-0.1, -0.05) is 33.3 Å². The number of carbonyl (C=O) groups is 2. The van der Waals surface area contributed by atoms with E-state index in [4.69, 9.17) is 4.74 Å². The molecule has 142 valence electrons. The summed E-state index contributed by atoms with van der Waals surface area (Å²) >= 11 is 0. The van der Waals surface area contributed by atoms with Gasteiger partial charge < -0.3 is 14.9 Å². The number of Topliss-reactive ketones (excluding diaryl/α,β-unsaturated/α-hetero) is 1. The Hall–Kier alpha value is -1.46. The molecular formula is C21H28O5. The van der Waals surface area contributed by atoms with Gasteiger partial charge in [0.1, 0.15) is 11.4 Å². The summed E-state index contributed by atoms with van der Waals surface area (Å²) < 4.78 is 6.23. The molecule has 2 N–H and O–H groups in total. The van der Waals surface area contributed by atoms with Gasteiger partial charge in [-0.2, -0.15) is 0 Å². The molecule has 0 aromatic carbocycles. The Balaban J connectivity index is 1.85. The zero-order valence-electron chi connectivity index (χ0n) is 16.0. The highest BCUT2D eigenvalue weighted by Gasteiger charge is 2.61. The summed E-state index contributed by atoms with van der Waals surface area (Å²) in [5.74, 6) is -4.28. The third-order valence-electron chi connectivity index (χ3n) is 7.68. The molecule has 0 aromatic rings. The fourth-order valence-electron chi connectivity index (χ4n) is 6.39. The maximum atomic E-state index is 12.6. The predicted molar refractivity (Wildman–Crippen MR) is 94.8 cm³/mol. The van der Waals surface area contributed by atoms with Gasteiger partial charge in [-0.3, -0.25) is 9.59 Å². The lowest BCUT2D eigenvalue weighted by Crippen LogP contribution is -2.60. The van der Waals surface area contributed by atoms with Crippen molar-refractivity contribution in [2.24, 2.45) is 22.7 Å². The lowest BCUT2D eigenvalue weighted by Gasteiger charge is -2.62. The number of ketones is 2. The van der Waals surface area contributed by atoms with Crippen LogP contribution in [-0.2, 0) is 14.3 Å². The first-order chi connectivity index (χ1) is 11.9. The maximum Gasteiger partial charge on any atom is 0.294 e. The topological polar surface area (TPSA) is 83.8 Å². The summed E-state index contributed by atoms with van der Waals surface area (Å²) in [6, 6.07) is 0. The van der Waals surface area contributed by atoms with Gasteiger partial charge in [-0.05, 0) is 49.4 Å². The van der Waals surface area contributed by atoms with E-state index in [-0.39, 0.29) is 28.1 Å². The van der Waals surface area contributed by atoms with E-state index >= 15 is 0 Å². The highest BCUT2D eigenvalue weighted by molar-refractivity contribution is 6.23. The van der Waals surface area contributed by atoms with Crippen molar-refractivity contribution in [3.05, 3.63) is 23.5 Å². The number of hydrogen-bond acceptors (Lipinski definition) is 5. The Morgan fingerprint density at radius 2 is 1.77 bits per heavy atom. The maximum absolute atomic E-state index is 12.6. The largest absolute Gasteiger partial charge is 0.486 e. The van der Waals surface area contributed by atoms with E-state index in [0.29, 0.717) is 5.92 Å². The van der Waals surface area contributed by atoms with Gasteiger partial charge in [0.25, 0.3) is 5.79 Å². The number of fused-ring (bicyclic) bond motifs is 4. The normalized spacial score (nSPS) is 43.3. The van der Waals surface area contributed by atoms with Crippen molar-refractivity contribution < 1.29 is 24.5 Å². The van der Waals surface area contributed by atoms with Crippen LogP contribution in [0.5, 0.6) is 0 Å². The molecule has 2 saturated carbocycles. The van der Waals surface area contributed by atoms with Crippen LogP contribution in [0, 0.1) is 22.7 Å². The summed E-state index contributed by atoms with van der Waals surface area (Å²) in [6.07, 6.45) is 8.24. The van der Waals surface area contributed by atoms with Crippen LogP contribution in [0.3, 0.4) is 0 Å². The summed E-state index contributed by atoms with van der Waals surface area (Å²) in [4.78, 5) is 24.5. The fourth-order valence-corrected chi connectivity index (χ4v) is 6.39. The predicted octanol–water partition coefficient (Wildman–Crippen LogP) is 2.66. The Labute approximate surface area is 154 Å². The minimum absolute atomic E-state index is 0.00609. The number of rotatable bonds is 0. The van der Waals surface area contributed by atoms with E-state index in [0.717, 1.165) is 31.8 Å². The Kier molecular flexibility index (Phi) is 3.50. The molecule has 5 nitrogen and oxygen atoms in total. The van der Waals surface area contributed by atoms with Crippen LogP contribution in [0.15, 0.2) is 23.5 Å². The van der Waals surface area contributed by atoms with Gasteiger partial charge in [0, 0.05) is 12.0 Å². The second-order valence-electron chi connectivity index (χ2n) is 9.79. The zero-order chi connectivity index (χ0) is 19.1. The van der Waals surface area contributed by atoms with Gasteiger partial charge in [0.05, 0.1) is 5.57 Å². The average molecular weight is 360 g/mol. The second-order valence-corrected chi connectivity index (χ2v) is 9.79. The van der Waals surface area contributed by atoms with Crippen LogP contribution in [0.25, 0.3) is 0 Å². The van der Waals surface area contributed by atoms with Gasteiger partial charge in [0.2, 0.25) is 11.6 Å². The molecule has 0 aromatic heterocycles. The molecule has 0 radical (unpaired) electrons. The monoisotopic (exact) mass is 360 g/mol. The summed E-state index contributed by atoms with van der Waals surface area (Å²) in [5, 5.41) is 19.8. The fraction of sp³-hybridized carbons (Fsp3) is 0.714. The van der Waals surface area contributed by atoms with Gasteiger partial charge >= 0.3 is 0 Å². The first kappa shape index (κ1) is 17.9. The highest BCUT2D eigenvalue weighted by atomic mass is 16.5. The molecule has 4 rings (SSSR count). The molecule has 1 aliphatic heterocycles. The van der Waals surface area contributed by atoms with Crippen molar-refractivity contribution in [2.75, 3.05) is 0 Å². The quantitative estimate of drug-likeness (QED) is 0.512. The van der Waals surface area contributed by atoms with Crippen molar-refractivity contribution >= 4 is 11.6 Å². The van der Waals surface area contributed by atoms with Crippen LogP contribution in [0.2, 0.25) is 0 Å². The molecule has 4 unspecified atom stereocenters. The van der Waals surface area contributed by atoms with Crippen LogP contribution in [-0.4, -0.2) is 33.2 Å². The number of carbonyl (C=O) groups excluding carboxylic acids is 2. The first-order valence-electron chi connectivity index (χ1n) is 9.59. The standard InChI is InChI=1S/C21H28O5/c1-18(2)7-5-8-19(3)14(18)6-9-20(4)15(19)10-12-13(26-20)11-16(22)21(24,25)17(12)23/h10-11,14-15,24-25H,5-9H2,1-4H3. The Morgan fingerprint density at radius 1 is 1.08 bits per heavy atom. The van der Waals surface area contributed by atoms with E-state index < -0.39 is 23.0 Å². The van der Waals surface area contributed by atoms with Crippen LogP contribution < -0.4 is 0 Å². The Bertz CT molecular complexity index is 758. The lowest BCUT2D eigenvalue weighted by molar-refractivity contribution is -0.189. The van der Waals surface area contributed by atoms with Gasteiger partial charge in [-0.15, -0.1) is 0 Å².